The summed E-state index contributed by atoms with van der Waals surface area (Å²) in [6.45, 7) is 4.87. The van der Waals surface area contributed by atoms with E-state index >= 15 is 0 Å². The van der Waals surface area contributed by atoms with Crippen molar-refractivity contribution in [2.45, 2.75) is 32.7 Å². The van der Waals surface area contributed by atoms with Crippen LogP contribution in [0, 0.1) is 0 Å². The van der Waals surface area contributed by atoms with Gasteiger partial charge in [0.05, 0.1) is 28.5 Å². The standard InChI is InChI=1S/C18H21N5O2S/c1-12(24)17-7-13(11-26-17)9-22-5-6-23-14(10-22)8-15(20-23)18(25)16-3-4-19-21(16)2/h3-4,7-8,11,18,25H,5-6,9-10H2,1-2H3. The normalized spacial score (nSPS) is 15.8. The van der Waals surface area contributed by atoms with Crippen molar-refractivity contribution in [3.8, 4) is 0 Å². The van der Waals surface area contributed by atoms with E-state index in [4.69, 9.17) is 0 Å². The zero-order valence-electron chi connectivity index (χ0n) is 14.8. The Balaban J connectivity index is 1.48. The molecule has 0 radical (unpaired) electrons. The highest BCUT2D eigenvalue weighted by Gasteiger charge is 2.23. The number of aliphatic hydroxyl groups excluding tert-OH is 1. The van der Waals surface area contributed by atoms with Crippen LogP contribution < -0.4 is 0 Å². The van der Waals surface area contributed by atoms with Crippen LogP contribution in [0.15, 0.2) is 29.8 Å². The third-order valence-electron chi connectivity index (χ3n) is 4.72. The lowest BCUT2D eigenvalue weighted by molar-refractivity contribution is 0.102. The number of Topliss-reactive ketones (excluding diaryl/α,β-unsaturated/α-hetero) is 1. The van der Waals surface area contributed by atoms with E-state index < -0.39 is 6.10 Å². The summed E-state index contributed by atoms with van der Waals surface area (Å²) in [5.74, 6) is 0.117. The fourth-order valence-corrected chi connectivity index (χ4v) is 4.12. The predicted octanol–water partition coefficient (Wildman–Crippen LogP) is 1.98. The van der Waals surface area contributed by atoms with Crippen molar-refractivity contribution in [3.05, 3.63) is 57.3 Å². The van der Waals surface area contributed by atoms with Gasteiger partial charge in [0, 0.05) is 32.9 Å². The molecule has 0 aromatic carbocycles. The second-order valence-corrected chi connectivity index (χ2v) is 7.56. The van der Waals surface area contributed by atoms with Crippen LogP contribution in [0.1, 0.15) is 45.3 Å². The minimum absolute atomic E-state index is 0.117. The molecule has 0 aliphatic carbocycles. The van der Waals surface area contributed by atoms with Crippen molar-refractivity contribution in [2.75, 3.05) is 6.54 Å². The quantitative estimate of drug-likeness (QED) is 0.694. The zero-order valence-corrected chi connectivity index (χ0v) is 15.6. The van der Waals surface area contributed by atoms with Gasteiger partial charge < -0.3 is 5.11 Å². The molecule has 1 atom stereocenters. The predicted molar refractivity (Wildman–Crippen MR) is 97.9 cm³/mol. The number of carbonyl (C=O) groups excluding carboxylic acids is 1. The van der Waals surface area contributed by atoms with E-state index in [1.165, 1.54) is 16.9 Å². The average Bonchev–Trinajstić information content (AvgIpc) is 3.33. The van der Waals surface area contributed by atoms with Crippen LogP contribution in [-0.4, -0.2) is 41.9 Å². The van der Waals surface area contributed by atoms with Crippen LogP contribution in [0.3, 0.4) is 0 Å². The lowest BCUT2D eigenvalue weighted by Gasteiger charge is -2.27. The summed E-state index contributed by atoms with van der Waals surface area (Å²) in [6.07, 6.45) is 0.899. The fourth-order valence-electron chi connectivity index (χ4n) is 3.32. The van der Waals surface area contributed by atoms with Crippen molar-refractivity contribution < 1.29 is 9.90 Å². The lowest BCUT2D eigenvalue weighted by Crippen LogP contribution is -2.33. The Kier molecular flexibility index (Phi) is 4.47. The molecule has 3 aromatic rings. The van der Waals surface area contributed by atoms with E-state index in [0.29, 0.717) is 5.69 Å². The van der Waals surface area contributed by atoms with E-state index in [0.717, 1.165) is 42.4 Å². The SMILES string of the molecule is CC(=O)c1cc(CN2CCn3nc(C(O)c4ccnn4C)cc3C2)cs1. The molecule has 1 unspecified atom stereocenters. The highest BCUT2D eigenvalue weighted by atomic mass is 32.1. The molecule has 0 saturated carbocycles. The molecule has 1 N–H and O–H groups in total. The maximum absolute atomic E-state index is 11.5. The number of ketones is 1. The third-order valence-corrected chi connectivity index (χ3v) is 5.80. The van der Waals surface area contributed by atoms with Crippen molar-refractivity contribution in [1.82, 2.24) is 24.5 Å². The van der Waals surface area contributed by atoms with Crippen LogP contribution in [0.5, 0.6) is 0 Å². The lowest BCUT2D eigenvalue weighted by atomic mass is 10.1. The minimum atomic E-state index is -0.774. The Morgan fingerprint density at radius 3 is 2.92 bits per heavy atom. The van der Waals surface area contributed by atoms with E-state index in [1.54, 1.807) is 23.9 Å². The number of rotatable bonds is 5. The first-order valence-corrected chi connectivity index (χ1v) is 9.42. The maximum Gasteiger partial charge on any atom is 0.169 e. The number of aromatic nitrogens is 4. The first-order valence-electron chi connectivity index (χ1n) is 8.54. The minimum Gasteiger partial charge on any atom is -0.380 e. The molecule has 0 spiro atoms. The van der Waals surface area contributed by atoms with Gasteiger partial charge >= 0.3 is 0 Å². The highest BCUT2D eigenvalue weighted by Crippen LogP contribution is 2.24. The van der Waals surface area contributed by atoms with Gasteiger partial charge in [-0.05, 0) is 36.1 Å². The van der Waals surface area contributed by atoms with E-state index in [9.17, 15) is 9.90 Å². The van der Waals surface area contributed by atoms with Gasteiger partial charge in [-0.25, -0.2) is 0 Å². The Morgan fingerprint density at radius 2 is 2.23 bits per heavy atom. The van der Waals surface area contributed by atoms with Crippen LogP contribution in [-0.2, 0) is 26.7 Å². The second-order valence-electron chi connectivity index (χ2n) is 6.65. The van der Waals surface area contributed by atoms with Gasteiger partial charge in [-0.2, -0.15) is 10.2 Å². The van der Waals surface area contributed by atoms with Crippen LogP contribution in [0.25, 0.3) is 0 Å². The molecule has 4 rings (SSSR count). The van der Waals surface area contributed by atoms with Gasteiger partial charge in [-0.3, -0.25) is 19.1 Å². The molecule has 0 bridgehead atoms. The topological polar surface area (TPSA) is 76.2 Å². The summed E-state index contributed by atoms with van der Waals surface area (Å²) in [7, 11) is 1.81. The van der Waals surface area contributed by atoms with Gasteiger partial charge in [-0.1, -0.05) is 0 Å². The molecule has 8 heteroatoms. The molecule has 4 heterocycles. The van der Waals surface area contributed by atoms with Crippen molar-refractivity contribution >= 4 is 17.1 Å². The largest absolute Gasteiger partial charge is 0.380 e. The number of hydrogen-bond acceptors (Lipinski definition) is 6. The number of carbonyl (C=O) groups is 1. The molecular formula is C18H21N5O2S. The molecule has 136 valence electrons. The molecule has 26 heavy (non-hydrogen) atoms. The molecule has 1 aliphatic heterocycles. The molecule has 7 nitrogen and oxygen atoms in total. The van der Waals surface area contributed by atoms with Gasteiger partial charge in [-0.15, -0.1) is 11.3 Å². The Labute approximate surface area is 155 Å². The first kappa shape index (κ1) is 17.1. The summed E-state index contributed by atoms with van der Waals surface area (Å²) in [5, 5.41) is 21.3. The Hall–Kier alpha value is -2.29. The van der Waals surface area contributed by atoms with Gasteiger partial charge in [0.15, 0.2) is 5.78 Å². The Morgan fingerprint density at radius 1 is 1.38 bits per heavy atom. The van der Waals surface area contributed by atoms with Crippen molar-refractivity contribution in [2.24, 2.45) is 7.05 Å². The highest BCUT2D eigenvalue weighted by molar-refractivity contribution is 7.12. The fraction of sp³-hybridized carbons (Fsp3) is 0.389. The van der Waals surface area contributed by atoms with Gasteiger partial charge in [0.1, 0.15) is 6.10 Å². The summed E-state index contributed by atoms with van der Waals surface area (Å²) < 4.78 is 3.64. The molecular weight excluding hydrogens is 350 g/mol. The smallest absolute Gasteiger partial charge is 0.169 e. The summed E-state index contributed by atoms with van der Waals surface area (Å²) in [6, 6.07) is 5.76. The number of thiophene rings is 1. The summed E-state index contributed by atoms with van der Waals surface area (Å²) in [5.41, 5.74) is 3.64. The number of nitrogens with zero attached hydrogens (tertiary/aromatic N) is 5. The number of hydrogen-bond donors (Lipinski definition) is 1. The first-order chi connectivity index (χ1) is 12.5. The van der Waals surface area contributed by atoms with Gasteiger partial charge in [0.2, 0.25) is 0 Å². The van der Waals surface area contributed by atoms with Crippen LogP contribution >= 0.6 is 11.3 Å². The van der Waals surface area contributed by atoms with E-state index in [2.05, 4.69) is 20.5 Å². The number of aliphatic hydroxyl groups is 1. The second kappa shape index (κ2) is 6.79. The third kappa shape index (κ3) is 3.23. The van der Waals surface area contributed by atoms with Gasteiger partial charge in [0.25, 0.3) is 0 Å². The number of aryl methyl sites for hydroxylation is 1. The molecule has 0 fully saturated rings. The zero-order chi connectivity index (χ0) is 18.3. The van der Waals surface area contributed by atoms with E-state index in [-0.39, 0.29) is 5.78 Å². The molecule has 0 amide bonds. The monoisotopic (exact) mass is 371 g/mol. The molecule has 1 aliphatic rings. The average molecular weight is 371 g/mol. The molecule has 0 saturated heterocycles. The van der Waals surface area contributed by atoms with Crippen LogP contribution in [0.2, 0.25) is 0 Å². The maximum atomic E-state index is 11.5. The van der Waals surface area contributed by atoms with E-state index in [1.807, 2.05) is 23.9 Å². The van der Waals surface area contributed by atoms with Crippen molar-refractivity contribution in [3.63, 3.8) is 0 Å². The summed E-state index contributed by atoms with van der Waals surface area (Å²) >= 11 is 1.50. The van der Waals surface area contributed by atoms with Crippen molar-refractivity contribution in [1.29, 1.82) is 0 Å². The van der Waals surface area contributed by atoms with Crippen LogP contribution in [0.4, 0.5) is 0 Å². The summed E-state index contributed by atoms with van der Waals surface area (Å²) in [4.78, 5) is 14.6. The Bertz CT molecular complexity index is 941. The number of fused-ring (bicyclic) bond motifs is 1. The molecule has 3 aromatic heterocycles.